The summed E-state index contributed by atoms with van der Waals surface area (Å²) < 4.78 is 33.7. The van der Waals surface area contributed by atoms with Gasteiger partial charge in [0, 0.05) is 62.7 Å². The van der Waals surface area contributed by atoms with E-state index in [2.05, 4.69) is 15.0 Å². The van der Waals surface area contributed by atoms with E-state index in [0.717, 1.165) is 50.2 Å². The van der Waals surface area contributed by atoms with Crippen LogP contribution >= 0.6 is 0 Å². The van der Waals surface area contributed by atoms with Gasteiger partial charge in [-0.25, -0.2) is 13.8 Å². The summed E-state index contributed by atoms with van der Waals surface area (Å²) in [5, 5.41) is 5.56. The third kappa shape index (κ3) is 4.79. The maximum absolute atomic E-state index is 13.9. The molecule has 2 aliphatic rings. The number of halogens is 2. The number of benzene rings is 2. The van der Waals surface area contributed by atoms with Gasteiger partial charge >= 0.3 is 0 Å². The summed E-state index contributed by atoms with van der Waals surface area (Å²) in [6, 6.07) is 13.5. The first kappa shape index (κ1) is 24.2. The number of nitrogens with zero attached hydrogens (tertiary/aromatic N) is 4. The average molecular weight is 491 g/mol. The van der Waals surface area contributed by atoms with Crippen molar-refractivity contribution in [2.75, 3.05) is 20.1 Å². The molecule has 186 valence electrons. The standard InChI is InChI=1S/C28H28F2N4O2/c1-19(35)33(2)32-27(22-7-8-25(29)26(30)15-22)21-5-3-20(4-6-21)17-34-13-10-28(11-14-34)24-16-31-12-9-23(24)18-36-28/h3-9,12,15-16H,10-11,13-14,17-18H2,1-2H3. The number of rotatable bonds is 5. The quantitative estimate of drug-likeness (QED) is 0.387. The highest BCUT2D eigenvalue weighted by atomic mass is 19.2. The molecule has 1 spiro atoms. The Morgan fingerprint density at radius 1 is 1.08 bits per heavy atom. The van der Waals surface area contributed by atoms with E-state index < -0.39 is 11.6 Å². The molecule has 1 saturated heterocycles. The zero-order valence-electron chi connectivity index (χ0n) is 20.4. The summed E-state index contributed by atoms with van der Waals surface area (Å²) >= 11 is 0. The Balaban J connectivity index is 1.30. The normalized spacial score (nSPS) is 17.3. The number of carbonyl (C=O) groups is 1. The fraction of sp³-hybridized carbons (Fsp3) is 0.321. The molecule has 1 aromatic heterocycles. The van der Waals surface area contributed by atoms with Gasteiger partial charge in [-0.3, -0.25) is 14.7 Å². The molecule has 0 bridgehead atoms. The lowest BCUT2D eigenvalue weighted by atomic mass is 9.84. The molecule has 36 heavy (non-hydrogen) atoms. The molecule has 2 aromatic carbocycles. The summed E-state index contributed by atoms with van der Waals surface area (Å²) in [6.07, 6.45) is 5.62. The molecule has 3 aromatic rings. The summed E-state index contributed by atoms with van der Waals surface area (Å²) in [5.74, 6) is -2.16. The molecule has 0 aliphatic carbocycles. The van der Waals surface area contributed by atoms with Crippen LogP contribution < -0.4 is 0 Å². The number of fused-ring (bicyclic) bond motifs is 2. The lowest BCUT2D eigenvalue weighted by Crippen LogP contribution is -2.42. The lowest BCUT2D eigenvalue weighted by Gasteiger charge is -2.39. The van der Waals surface area contributed by atoms with Crippen molar-refractivity contribution in [1.82, 2.24) is 14.9 Å². The number of piperidine rings is 1. The van der Waals surface area contributed by atoms with Crippen molar-refractivity contribution in [1.29, 1.82) is 0 Å². The van der Waals surface area contributed by atoms with Crippen LogP contribution in [0.2, 0.25) is 0 Å². The van der Waals surface area contributed by atoms with Crippen molar-refractivity contribution in [2.24, 2.45) is 5.10 Å². The van der Waals surface area contributed by atoms with Gasteiger partial charge < -0.3 is 4.74 Å². The highest BCUT2D eigenvalue weighted by Crippen LogP contribution is 2.43. The van der Waals surface area contributed by atoms with Gasteiger partial charge in [-0.05, 0) is 48.2 Å². The smallest absolute Gasteiger partial charge is 0.239 e. The highest BCUT2D eigenvalue weighted by molar-refractivity contribution is 6.13. The van der Waals surface area contributed by atoms with Crippen LogP contribution in [0.1, 0.15) is 47.6 Å². The van der Waals surface area contributed by atoms with Crippen molar-refractivity contribution < 1.29 is 18.3 Å². The van der Waals surface area contributed by atoms with E-state index in [4.69, 9.17) is 4.74 Å². The van der Waals surface area contributed by atoms with Gasteiger partial charge in [-0.2, -0.15) is 5.10 Å². The summed E-state index contributed by atoms with van der Waals surface area (Å²) in [4.78, 5) is 18.5. The second-order valence-corrected chi connectivity index (χ2v) is 9.41. The van der Waals surface area contributed by atoms with Gasteiger partial charge in [-0.15, -0.1) is 0 Å². The maximum Gasteiger partial charge on any atom is 0.239 e. The largest absolute Gasteiger partial charge is 0.365 e. The topological polar surface area (TPSA) is 58.0 Å². The molecule has 0 atom stereocenters. The molecule has 1 amide bonds. The van der Waals surface area contributed by atoms with Crippen LogP contribution in [0.3, 0.4) is 0 Å². The molecule has 0 N–H and O–H groups in total. The van der Waals surface area contributed by atoms with Crippen LogP contribution in [0.25, 0.3) is 0 Å². The summed E-state index contributed by atoms with van der Waals surface area (Å²) in [7, 11) is 1.53. The van der Waals surface area contributed by atoms with E-state index in [0.29, 0.717) is 23.4 Å². The molecule has 3 heterocycles. The van der Waals surface area contributed by atoms with E-state index in [1.807, 2.05) is 42.7 Å². The molecule has 8 heteroatoms. The Morgan fingerprint density at radius 2 is 1.81 bits per heavy atom. The van der Waals surface area contributed by atoms with Gasteiger partial charge in [-0.1, -0.05) is 24.3 Å². The number of hydrazone groups is 1. The van der Waals surface area contributed by atoms with Crippen LogP contribution in [-0.4, -0.2) is 46.6 Å². The van der Waals surface area contributed by atoms with Crippen LogP contribution in [0, 0.1) is 11.6 Å². The minimum Gasteiger partial charge on any atom is -0.365 e. The minimum absolute atomic E-state index is 0.220. The van der Waals surface area contributed by atoms with Crippen LogP contribution in [0.15, 0.2) is 66.0 Å². The SMILES string of the molecule is CC(=O)N(C)N=C(c1ccc(CN2CCC3(CC2)OCc2ccncc23)cc1)c1ccc(F)c(F)c1. The number of likely N-dealkylation sites (tertiary alicyclic amines) is 1. The second kappa shape index (κ2) is 9.87. The Kier molecular flexibility index (Phi) is 6.64. The van der Waals surface area contributed by atoms with Crippen molar-refractivity contribution in [3.05, 3.63) is 100 Å². The highest BCUT2D eigenvalue weighted by Gasteiger charge is 2.42. The molecular weight excluding hydrogens is 462 g/mol. The van der Waals surface area contributed by atoms with Gasteiger partial charge in [0.25, 0.3) is 0 Å². The number of ether oxygens (including phenoxy) is 1. The van der Waals surface area contributed by atoms with Gasteiger partial charge in [0.05, 0.1) is 17.9 Å². The maximum atomic E-state index is 13.9. The van der Waals surface area contributed by atoms with Crippen LogP contribution in [0.4, 0.5) is 8.78 Å². The number of amides is 1. The third-order valence-corrected chi connectivity index (χ3v) is 7.10. The predicted octanol–water partition coefficient (Wildman–Crippen LogP) is 4.61. The van der Waals surface area contributed by atoms with Gasteiger partial charge in [0.15, 0.2) is 11.6 Å². The van der Waals surface area contributed by atoms with E-state index >= 15 is 0 Å². The van der Waals surface area contributed by atoms with Crippen LogP contribution in [0.5, 0.6) is 0 Å². The predicted molar refractivity (Wildman–Crippen MR) is 132 cm³/mol. The number of hydrogen-bond acceptors (Lipinski definition) is 5. The van der Waals surface area contributed by atoms with Crippen LogP contribution in [-0.2, 0) is 28.3 Å². The summed E-state index contributed by atoms with van der Waals surface area (Å²) in [5.41, 5.74) is 4.87. The van der Waals surface area contributed by atoms with E-state index in [9.17, 15) is 13.6 Å². The molecule has 5 rings (SSSR count). The first-order chi connectivity index (χ1) is 17.3. The van der Waals surface area contributed by atoms with E-state index in [1.54, 1.807) is 0 Å². The number of aromatic nitrogens is 1. The van der Waals surface area contributed by atoms with Crippen molar-refractivity contribution in [2.45, 2.75) is 38.5 Å². The Morgan fingerprint density at radius 3 is 2.50 bits per heavy atom. The molecular formula is C28H28F2N4O2. The van der Waals surface area contributed by atoms with Gasteiger partial charge in [0.2, 0.25) is 5.91 Å². The molecule has 1 fully saturated rings. The average Bonchev–Trinajstić information content (AvgIpc) is 3.24. The molecule has 0 saturated carbocycles. The zero-order valence-corrected chi connectivity index (χ0v) is 20.4. The van der Waals surface area contributed by atoms with Crippen molar-refractivity contribution in [3.8, 4) is 0 Å². The summed E-state index contributed by atoms with van der Waals surface area (Å²) in [6.45, 7) is 4.67. The molecule has 6 nitrogen and oxygen atoms in total. The Bertz CT molecular complexity index is 1300. The monoisotopic (exact) mass is 490 g/mol. The first-order valence-electron chi connectivity index (χ1n) is 12.0. The lowest BCUT2D eigenvalue weighted by molar-refractivity contribution is -0.127. The fourth-order valence-corrected chi connectivity index (χ4v) is 4.91. The third-order valence-electron chi connectivity index (χ3n) is 7.10. The molecule has 0 unspecified atom stereocenters. The first-order valence-corrected chi connectivity index (χ1v) is 12.0. The second-order valence-electron chi connectivity index (χ2n) is 9.41. The van der Waals surface area contributed by atoms with Crippen molar-refractivity contribution >= 4 is 11.6 Å². The minimum atomic E-state index is -0.963. The Hall–Kier alpha value is -3.49. The Labute approximate surface area is 209 Å². The van der Waals surface area contributed by atoms with E-state index in [1.165, 1.54) is 36.2 Å². The van der Waals surface area contributed by atoms with E-state index in [-0.39, 0.29) is 11.5 Å². The van der Waals surface area contributed by atoms with Gasteiger partial charge in [0.1, 0.15) is 0 Å². The number of pyridine rings is 1. The van der Waals surface area contributed by atoms with Crippen molar-refractivity contribution in [3.63, 3.8) is 0 Å². The molecule has 0 radical (unpaired) electrons. The number of carbonyl (C=O) groups excluding carboxylic acids is 1. The fourth-order valence-electron chi connectivity index (χ4n) is 4.91. The number of hydrogen-bond donors (Lipinski definition) is 0. The zero-order chi connectivity index (χ0) is 25.3. The molecule has 2 aliphatic heterocycles.